The first-order chi connectivity index (χ1) is 12.7. The Labute approximate surface area is 153 Å². The van der Waals surface area contributed by atoms with E-state index < -0.39 is 0 Å². The molecule has 4 nitrogen and oxygen atoms in total. The summed E-state index contributed by atoms with van der Waals surface area (Å²) in [5.41, 5.74) is 1.66. The van der Waals surface area contributed by atoms with Crippen molar-refractivity contribution in [3.05, 3.63) is 66.0 Å². The molecular weight excluding hydrogens is 329 g/mol. The first-order valence-electron chi connectivity index (χ1n) is 9.27. The first kappa shape index (κ1) is 17.0. The van der Waals surface area contributed by atoms with Crippen LogP contribution in [0.15, 0.2) is 54.6 Å². The van der Waals surface area contributed by atoms with Gasteiger partial charge in [-0.1, -0.05) is 36.4 Å². The Morgan fingerprint density at radius 3 is 2.65 bits per heavy atom. The van der Waals surface area contributed by atoms with Gasteiger partial charge in [0.15, 0.2) is 0 Å². The van der Waals surface area contributed by atoms with Crippen molar-refractivity contribution in [1.82, 2.24) is 10.2 Å². The van der Waals surface area contributed by atoms with Gasteiger partial charge in [0, 0.05) is 25.3 Å². The molecule has 1 atom stereocenters. The van der Waals surface area contributed by atoms with Crippen LogP contribution in [0.2, 0.25) is 0 Å². The highest BCUT2D eigenvalue weighted by Crippen LogP contribution is 2.33. The average Bonchev–Trinajstić information content (AvgIpc) is 3.05. The van der Waals surface area contributed by atoms with Crippen LogP contribution in [0.5, 0.6) is 0 Å². The van der Waals surface area contributed by atoms with E-state index in [4.69, 9.17) is 0 Å². The fraction of sp³-hybridized carbons (Fsp3) is 0.381. The standard InChI is InChI=1S/C21H24FN3O/c22-18-8-4-9-19(14-18)24-12-13-25(20(24)26)21(10-5-11-23-16-21)15-17-6-2-1-3-7-17/h1-4,6-9,14,23H,5,10-13,15-16H2. The van der Waals surface area contributed by atoms with Gasteiger partial charge >= 0.3 is 6.03 Å². The predicted octanol–water partition coefficient (Wildman–Crippen LogP) is 3.43. The highest BCUT2D eigenvalue weighted by atomic mass is 19.1. The van der Waals surface area contributed by atoms with Crippen molar-refractivity contribution in [3.8, 4) is 0 Å². The van der Waals surface area contributed by atoms with Gasteiger partial charge in [-0.3, -0.25) is 4.90 Å². The zero-order valence-electron chi connectivity index (χ0n) is 14.8. The molecule has 0 radical (unpaired) electrons. The molecule has 0 saturated carbocycles. The quantitative estimate of drug-likeness (QED) is 0.914. The van der Waals surface area contributed by atoms with E-state index in [9.17, 15) is 9.18 Å². The van der Waals surface area contributed by atoms with E-state index in [-0.39, 0.29) is 17.4 Å². The SMILES string of the molecule is O=C1N(c2cccc(F)c2)CCN1C1(Cc2ccccc2)CCCNC1. The predicted molar refractivity (Wildman–Crippen MR) is 101 cm³/mol. The number of halogens is 1. The number of hydrogen-bond donors (Lipinski definition) is 1. The summed E-state index contributed by atoms with van der Waals surface area (Å²) < 4.78 is 13.6. The molecule has 2 aliphatic heterocycles. The van der Waals surface area contributed by atoms with Crippen LogP contribution in [0.4, 0.5) is 14.9 Å². The molecule has 4 rings (SSSR count). The van der Waals surface area contributed by atoms with Crippen LogP contribution in [0.25, 0.3) is 0 Å². The Morgan fingerprint density at radius 1 is 1.08 bits per heavy atom. The Balaban J connectivity index is 1.61. The number of anilines is 1. The molecule has 0 aliphatic carbocycles. The molecule has 2 fully saturated rings. The lowest BCUT2D eigenvalue weighted by Crippen LogP contribution is -2.60. The summed E-state index contributed by atoms with van der Waals surface area (Å²) in [6.45, 7) is 3.06. The lowest BCUT2D eigenvalue weighted by Gasteiger charge is -2.45. The summed E-state index contributed by atoms with van der Waals surface area (Å²) in [5.74, 6) is -0.313. The number of carbonyl (C=O) groups excluding carboxylic acids is 1. The van der Waals surface area contributed by atoms with Gasteiger partial charge in [0.25, 0.3) is 0 Å². The summed E-state index contributed by atoms with van der Waals surface area (Å²) in [4.78, 5) is 16.9. The number of nitrogens with zero attached hydrogens (tertiary/aromatic N) is 2. The third-order valence-electron chi connectivity index (χ3n) is 5.53. The van der Waals surface area contributed by atoms with Gasteiger partial charge in [0.05, 0.1) is 5.54 Å². The second-order valence-corrected chi connectivity index (χ2v) is 7.23. The van der Waals surface area contributed by atoms with Gasteiger partial charge in [-0.05, 0) is 49.6 Å². The van der Waals surface area contributed by atoms with Gasteiger partial charge in [-0.25, -0.2) is 9.18 Å². The van der Waals surface area contributed by atoms with Crippen molar-refractivity contribution in [2.24, 2.45) is 0 Å². The van der Waals surface area contributed by atoms with Crippen molar-refractivity contribution in [3.63, 3.8) is 0 Å². The lowest BCUT2D eigenvalue weighted by molar-refractivity contribution is 0.108. The smallest absolute Gasteiger partial charge is 0.315 e. The van der Waals surface area contributed by atoms with Crippen LogP contribution in [-0.2, 0) is 6.42 Å². The van der Waals surface area contributed by atoms with Crippen molar-refractivity contribution < 1.29 is 9.18 Å². The lowest BCUT2D eigenvalue weighted by atomic mass is 9.82. The number of carbonyl (C=O) groups is 1. The summed E-state index contributed by atoms with van der Waals surface area (Å²) in [6, 6.07) is 16.6. The zero-order valence-corrected chi connectivity index (χ0v) is 14.8. The second-order valence-electron chi connectivity index (χ2n) is 7.23. The Hall–Kier alpha value is -2.40. The summed E-state index contributed by atoms with van der Waals surface area (Å²) in [5, 5.41) is 3.48. The molecule has 0 bridgehead atoms. The minimum Gasteiger partial charge on any atom is -0.315 e. The second kappa shape index (κ2) is 7.08. The van der Waals surface area contributed by atoms with Gasteiger partial charge < -0.3 is 10.2 Å². The highest BCUT2D eigenvalue weighted by molar-refractivity contribution is 5.94. The maximum atomic E-state index is 13.6. The maximum Gasteiger partial charge on any atom is 0.325 e. The number of amides is 2. The fourth-order valence-corrected chi connectivity index (χ4v) is 4.27. The van der Waals surface area contributed by atoms with Crippen molar-refractivity contribution >= 4 is 11.7 Å². The van der Waals surface area contributed by atoms with E-state index in [2.05, 4.69) is 17.4 Å². The molecule has 0 aromatic heterocycles. The molecule has 2 heterocycles. The zero-order chi connectivity index (χ0) is 18.0. The molecule has 1 N–H and O–H groups in total. The van der Waals surface area contributed by atoms with E-state index in [1.165, 1.54) is 17.7 Å². The van der Waals surface area contributed by atoms with Crippen molar-refractivity contribution in [2.75, 3.05) is 31.1 Å². The Morgan fingerprint density at radius 2 is 1.92 bits per heavy atom. The summed E-state index contributed by atoms with van der Waals surface area (Å²) in [6.07, 6.45) is 2.87. The highest BCUT2D eigenvalue weighted by Gasteiger charge is 2.45. The van der Waals surface area contributed by atoms with Crippen LogP contribution in [0, 0.1) is 5.82 Å². The van der Waals surface area contributed by atoms with E-state index in [1.54, 1.807) is 17.0 Å². The third-order valence-corrected chi connectivity index (χ3v) is 5.53. The molecule has 0 spiro atoms. The van der Waals surface area contributed by atoms with Crippen molar-refractivity contribution in [2.45, 2.75) is 24.8 Å². The molecule has 2 amide bonds. The molecule has 26 heavy (non-hydrogen) atoms. The van der Waals surface area contributed by atoms with Crippen molar-refractivity contribution in [1.29, 1.82) is 0 Å². The number of benzene rings is 2. The van der Waals surface area contributed by atoms with E-state index in [1.807, 2.05) is 23.1 Å². The van der Waals surface area contributed by atoms with Crippen LogP contribution < -0.4 is 10.2 Å². The third kappa shape index (κ3) is 3.19. The molecule has 2 aromatic rings. The van der Waals surface area contributed by atoms with Crippen LogP contribution in [0.1, 0.15) is 18.4 Å². The monoisotopic (exact) mass is 353 g/mol. The summed E-state index contributed by atoms with van der Waals surface area (Å²) in [7, 11) is 0. The van der Waals surface area contributed by atoms with E-state index >= 15 is 0 Å². The number of rotatable bonds is 4. The normalized spacial score (nSPS) is 23.5. The van der Waals surface area contributed by atoms with Crippen LogP contribution >= 0.6 is 0 Å². The molecule has 136 valence electrons. The van der Waals surface area contributed by atoms with Crippen LogP contribution in [-0.4, -0.2) is 42.6 Å². The Kier molecular flexibility index (Phi) is 4.64. The molecule has 2 saturated heterocycles. The minimum atomic E-state index is -0.313. The largest absolute Gasteiger partial charge is 0.325 e. The van der Waals surface area contributed by atoms with Gasteiger partial charge in [-0.15, -0.1) is 0 Å². The molecule has 2 aromatic carbocycles. The maximum absolute atomic E-state index is 13.6. The van der Waals surface area contributed by atoms with E-state index in [0.29, 0.717) is 18.8 Å². The van der Waals surface area contributed by atoms with Gasteiger partial charge in [0.1, 0.15) is 5.82 Å². The van der Waals surface area contributed by atoms with Crippen LogP contribution in [0.3, 0.4) is 0 Å². The van der Waals surface area contributed by atoms with E-state index in [0.717, 1.165) is 32.4 Å². The molecule has 5 heteroatoms. The fourth-order valence-electron chi connectivity index (χ4n) is 4.27. The van der Waals surface area contributed by atoms with Gasteiger partial charge in [0.2, 0.25) is 0 Å². The molecular formula is C21H24FN3O. The Bertz CT molecular complexity index is 774. The molecule has 1 unspecified atom stereocenters. The number of hydrogen-bond acceptors (Lipinski definition) is 2. The van der Waals surface area contributed by atoms with Gasteiger partial charge in [-0.2, -0.15) is 0 Å². The topological polar surface area (TPSA) is 35.6 Å². The average molecular weight is 353 g/mol. The first-order valence-corrected chi connectivity index (χ1v) is 9.27. The molecule has 2 aliphatic rings. The number of piperidine rings is 1. The number of urea groups is 1. The number of nitrogens with one attached hydrogen (secondary N) is 1. The minimum absolute atomic E-state index is 0.0183. The summed E-state index contributed by atoms with van der Waals surface area (Å²) >= 11 is 0.